The molecule has 0 aliphatic carbocycles. The lowest BCUT2D eigenvalue weighted by molar-refractivity contribution is 0.0581. The largest absolute Gasteiger partial charge is 0.489 e. The molecule has 0 saturated carbocycles. The minimum absolute atomic E-state index is 0.00207. The highest BCUT2D eigenvalue weighted by molar-refractivity contribution is 14.1. The lowest BCUT2D eigenvalue weighted by atomic mass is 10.1. The summed E-state index contributed by atoms with van der Waals surface area (Å²) in [6.07, 6.45) is 0. The Bertz CT molecular complexity index is 2780. The fourth-order valence-corrected chi connectivity index (χ4v) is 8.06. The number of esters is 4. The molecule has 0 saturated heterocycles. The molecule has 0 amide bonds. The quantitative estimate of drug-likeness (QED) is 0.0419. The minimum atomic E-state index is -4.01. The van der Waals surface area contributed by atoms with Crippen LogP contribution in [0.1, 0.15) is 52.6 Å². The normalized spacial score (nSPS) is 10.6. The first kappa shape index (κ1) is 52.7. The van der Waals surface area contributed by atoms with Gasteiger partial charge in [-0.2, -0.15) is 0 Å². The highest BCUT2D eigenvalue weighted by Crippen LogP contribution is 2.28. The van der Waals surface area contributed by atoms with Crippen LogP contribution in [0.2, 0.25) is 0 Å². The predicted molar refractivity (Wildman–Crippen MR) is 259 cm³/mol. The van der Waals surface area contributed by atoms with Gasteiger partial charge in [0, 0.05) is 7.05 Å². The van der Waals surface area contributed by atoms with Crippen molar-refractivity contribution >= 4 is 77.9 Å². The number of halogens is 1. The van der Waals surface area contributed by atoms with Crippen LogP contribution in [0.25, 0.3) is 0 Å². The number of ether oxygens (including phenoxy) is 6. The van der Waals surface area contributed by atoms with Crippen molar-refractivity contribution in [2.24, 2.45) is 0 Å². The number of carbonyl (C=O) groups is 4. The number of anilines is 2. The van der Waals surface area contributed by atoms with Gasteiger partial charge >= 0.3 is 23.9 Å². The van der Waals surface area contributed by atoms with Gasteiger partial charge in [0.2, 0.25) is 0 Å². The van der Waals surface area contributed by atoms with Gasteiger partial charge in [0.15, 0.2) is 0 Å². The van der Waals surface area contributed by atoms with E-state index in [4.69, 9.17) is 18.9 Å². The van der Waals surface area contributed by atoms with Gasteiger partial charge in [0.25, 0.3) is 20.0 Å². The van der Waals surface area contributed by atoms with Crippen LogP contribution in [0.5, 0.6) is 11.5 Å². The smallest absolute Gasteiger partial charge is 0.337 e. The second-order valence-corrected chi connectivity index (χ2v) is 17.3. The zero-order valence-corrected chi connectivity index (χ0v) is 40.9. The third-order valence-electron chi connectivity index (χ3n) is 9.26. The highest BCUT2D eigenvalue weighted by Gasteiger charge is 2.25. The highest BCUT2D eigenvalue weighted by atomic mass is 127. The Morgan fingerprint density at radius 2 is 0.836 bits per heavy atom. The third kappa shape index (κ3) is 14.8. The maximum atomic E-state index is 13.2. The third-order valence-corrected chi connectivity index (χ3v) is 12.5. The van der Waals surface area contributed by atoms with Crippen molar-refractivity contribution in [1.82, 2.24) is 0 Å². The average molecular weight is 1070 g/mol. The molecule has 19 heteroatoms. The molecule has 0 atom stereocenters. The topological polar surface area (TPSA) is 207 Å². The predicted octanol–water partition coefficient (Wildman–Crippen LogP) is 8.35. The lowest BCUT2D eigenvalue weighted by Crippen LogP contribution is -2.27. The van der Waals surface area contributed by atoms with Gasteiger partial charge < -0.3 is 28.4 Å². The van der Waals surface area contributed by atoms with Crippen LogP contribution >= 0.6 is 22.6 Å². The van der Waals surface area contributed by atoms with Gasteiger partial charge in [-0.3, -0.25) is 9.03 Å². The number of rotatable bonds is 16. The van der Waals surface area contributed by atoms with Gasteiger partial charge in [0.1, 0.15) is 24.7 Å². The molecule has 6 rings (SSSR count). The summed E-state index contributed by atoms with van der Waals surface area (Å²) in [5.74, 6) is -1.86. The van der Waals surface area contributed by atoms with Crippen LogP contribution in [0, 0.1) is 0 Å². The standard InChI is InChI=1S/C24H23NO7S.C23H21NO7S.CH3I/c1-25(20-14-18(23(26)30-2)13-19(15-20)24(27)31-3)33(28,29)22-11-9-21(10-12-22)32-16-17-7-5-4-6-8-17;1-29-22(25)17-12-18(23(26)30-2)14-19(13-17)24-32(27,28)21-10-8-20(9-11-21)31-15-16-6-4-3-5-7-16;1-2/h4-15H,16H2,1-3H3;3-14,24H,15H2,1-2H3;1H3. The van der Waals surface area contributed by atoms with Crippen molar-refractivity contribution < 1.29 is 64.4 Å². The number of alkyl halides is 1. The van der Waals surface area contributed by atoms with Crippen molar-refractivity contribution in [3.05, 3.63) is 179 Å². The minimum Gasteiger partial charge on any atom is -0.489 e. The van der Waals surface area contributed by atoms with Crippen LogP contribution in [0.15, 0.2) is 155 Å². The van der Waals surface area contributed by atoms with Crippen molar-refractivity contribution in [2.45, 2.75) is 23.0 Å². The number of nitrogens with one attached hydrogen (secondary N) is 1. The lowest BCUT2D eigenvalue weighted by Gasteiger charge is -2.21. The molecule has 0 bridgehead atoms. The van der Waals surface area contributed by atoms with Gasteiger partial charge in [-0.05, 0) is 101 Å². The molecule has 16 nitrogen and oxygen atoms in total. The summed E-state index contributed by atoms with van der Waals surface area (Å²) in [5, 5.41) is 0. The summed E-state index contributed by atoms with van der Waals surface area (Å²) in [7, 11) is -1.94. The molecule has 0 heterocycles. The van der Waals surface area contributed by atoms with Crippen LogP contribution < -0.4 is 18.5 Å². The summed E-state index contributed by atoms with van der Waals surface area (Å²) in [5.41, 5.74) is 2.11. The molecule has 67 heavy (non-hydrogen) atoms. The number of hydrogen-bond acceptors (Lipinski definition) is 14. The maximum absolute atomic E-state index is 13.2. The van der Waals surface area contributed by atoms with Crippen molar-refractivity contribution in [3.63, 3.8) is 0 Å². The van der Waals surface area contributed by atoms with E-state index in [1.54, 1.807) is 24.3 Å². The Kier molecular flexibility index (Phi) is 19.7. The molecule has 0 aliphatic heterocycles. The van der Waals surface area contributed by atoms with Gasteiger partial charge in [-0.25, -0.2) is 36.0 Å². The zero-order chi connectivity index (χ0) is 49.1. The van der Waals surface area contributed by atoms with E-state index >= 15 is 0 Å². The molecule has 1 N–H and O–H groups in total. The van der Waals surface area contributed by atoms with Gasteiger partial charge in [-0.1, -0.05) is 83.3 Å². The molecule has 6 aromatic carbocycles. The molecule has 352 valence electrons. The fourth-order valence-electron chi connectivity index (χ4n) is 5.84. The Morgan fingerprint density at radius 3 is 1.19 bits per heavy atom. The molecule has 6 aromatic rings. The van der Waals surface area contributed by atoms with Crippen molar-refractivity contribution in [1.29, 1.82) is 0 Å². The molecule has 0 fully saturated rings. The van der Waals surface area contributed by atoms with Crippen LogP contribution in [-0.4, -0.2) is 81.1 Å². The van der Waals surface area contributed by atoms with E-state index in [2.05, 4.69) is 36.8 Å². The maximum Gasteiger partial charge on any atom is 0.337 e. The number of nitrogens with zero attached hydrogens (tertiary/aromatic N) is 1. The van der Waals surface area contributed by atoms with Gasteiger partial charge in [0.05, 0.1) is 71.9 Å². The summed E-state index contributed by atoms with van der Waals surface area (Å²) in [6, 6.07) is 38.7. The number of sulfonamides is 2. The summed E-state index contributed by atoms with van der Waals surface area (Å²) in [4.78, 5) is 49.8. The van der Waals surface area contributed by atoms with E-state index in [0.29, 0.717) is 24.7 Å². The zero-order valence-electron chi connectivity index (χ0n) is 37.1. The number of carbonyl (C=O) groups excluding carboxylic acids is 4. The number of benzene rings is 6. The first-order valence-electron chi connectivity index (χ1n) is 19.6. The summed E-state index contributed by atoms with van der Waals surface area (Å²) < 4.78 is 85.4. The Balaban J connectivity index is 0.000000282. The molecule has 0 spiro atoms. The van der Waals surface area contributed by atoms with Crippen LogP contribution in [0.4, 0.5) is 11.4 Å². The van der Waals surface area contributed by atoms with Crippen LogP contribution in [-0.2, 0) is 52.2 Å². The second kappa shape index (κ2) is 25.1. The SMILES string of the molecule is CI.COC(=O)c1cc(C(=O)OC)cc(N(C)S(=O)(=O)c2ccc(OCc3ccccc3)cc2)c1.COC(=O)c1cc(NS(=O)(=O)c2ccc(OCc3ccccc3)cc2)cc(C(=O)OC)c1. The Hall–Kier alpha value is -6.97. The molecule has 0 radical (unpaired) electrons. The van der Waals surface area contributed by atoms with Crippen LogP contribution in [0.3, 0.4) is 0 Å². The van der Waals surface area contributed by atoms with Crippen molar-refractivity contribution in [2.75, 3.05) is 49.4 Å². The fraction of sp³-hybridized carbons (Fsp3) is 0.167. The summed E-state index contributed by atoms with van der Waals surface area (Å²) in [6.45, 7) is 0.700. The molecular weight excluding hydrogens is 1020 g/mol. The van der Waals surface area contributed by atoms with E-state index in [1.165, 1.54) is 96.2 Å². The van der Waals surface area contributed by atoms with E-state index in [-0.39, 0.29) is 43.4 Å². The second-order valence-electron chi connectivity index (χ2n) is 13.6. The van der Waals surface area contributed by atoms with Crippen molar-refractivity contribution in [3.8, 4) is 11.5 Å². The monoisotopic (exact) mass is 1070 g/mol. The van der Waals surface area contributed by atoms with E-state index in [0.717, 1.165) is 15.4 Å². The molecular formula is C48H47IN2O14S2. The number of methoxy groups -OCH3 is 4. The number of hydrogen-bond donors (Lipinski definition) is 1. The molecule has 0 unspecified atom stereocenters. The first-order valence-corrected chi connectivity index (χ1v) is 24.7. The Morgan fingerprint density at radius 1 is 0.493 bits per heavy atom. The average Bonchev–Trinajstić information content (AvgIpc) is 3.37. The van der Waals surface area contributed by atoms with E-state index < -0.39 is 43.9 Å². The first-order chi connectivity index (χ1) is 32.1. The molecule has 0 aliphatic rings. The van der Waals surface area contributed by atoms with Gasteiger partial charge in [-0.15, -0.1) is 0 Å². The van der Waals surface area contributed by atoms with E-state index in [1.807, 2.05) is 65.6 Å². The molecule has 0 aromatic heterocycles. The summed E-state index contributed by atoms with van der Waals surface area (Å²) >= 11 is 2.15. The Labute approximate surface area is 403 Å². The van der Waals surface area contributed by atoms with E-state index in [9.17, 15) is 36.0 Å².